The monoisotopic (exact) mass is 801 g/mol. The summed E-state index contributed by atoms with van der Waals surface area (Å²) < 4.78 is 22.0. The molecule has 1 heterocycles. The number of aliphatic hydroxyl groups is 4. The highest BCUT2D eigenvalue weighted by molar-refractivity contribution is 5.70. The fraction of sp³-hybridized carbons (Fsp3) is 0.660. The van der Waals surface area contributed by atoms with Crippen LogP contribution in [0.25, 0.3) is 0 Å². The summed E-state index contributed by atoms with van der Waals surface area (Å²) in [5.74, 6) is -0.922. The highest BCUT2D eigenvalue weighted by Crippen LogP contribution is 2.22. The molecule has 0 aromatic rings. The van der Waals surface area contributed by atoms with Crippen molar-refractivity contribution < 1.29 is 49.0 Å². The first-order chi connectivity index (χ1) is 27.8. The zero-order chi connectivity index (χ0) is 41.6. The molecule has 0 amide bonds. The van der Waals surface area contributed by atoms with Gasteiger partial charge in [0, 0.05) is 12.8 Å². The maximum Gasteiger partial charge on any atom is 0.306 e. The van der Waals surface area contributed by atoms with E-state index in [4.69, 9.17) is 18.9 Å². The van der Waals surface area contributed by atoms with Crippen LogP contribution in [0.2, 0.25) is 0 Å². The first kappa shape index (κ1) is 51.9. The van der Waals surface area contributed by atoms with Gasteiger partial charge in [0.15, 0.2) is 12.4 Å². The number of hydrogen-bond acceptors (Lipinski definition) is 10. The molecule has 1 saturated heterocycles. The third-order valence-corrected chi connectivity index (χ3v) is 9.26. The highest BCUT2D eigenvalue weighted by Gasteiger charge is 2.44. The summed E-state index contributed by atoms with van der Waals surface area (Å²) in [5.41, 5.74) is 0. The van der Waals surface area contributed by atoms with Crippen LogP contribution in [0.1, 0.15) is 142 Å². The summed E-state index contributed by atoms with van der Waals surface area (Å²) >= 11 is 0. The summed E-state index contributed by atoms with van der Waals surface area (Å²) in [5, 5.41) is 40.0. The van der Waals surface area contributed by atoms with Gasteiger partial charge in [0.2, 0.25) is 0 Å². The van der Waals surface area contributed by atoms with Crippen molar-refractivity contribution >= 4 is 11.9 Å². The number of rotatable bonds is 34. The third kappa shape index (κ3) is 28.9. The molecule has 57 heavy (non-hydrogen) atoms. The molecule has 0 aliphatic carbocycles. The molecular formula is C47H76O10. The highest BCUT2D eigenvalue weighted by atomic mass is 16.7. The lowest BCUT2D eigenvalue weighted by Gasteiger charge is -2.39. The van der Waals surface area contributed by atoms with E-state index in [0.29, 0.717) is 19.3 Å². The molecule has 2 unspecified atom stereocenters. The van der Waals surface area contributed by atoms with E-state index in [-0.39, 0.29) is 26.1 Å². The van der Waals surface area contributed by atoms with Crippen LogP contribution in [0.5, 0.6) is 0 Å². The van der Waals surface area contributed by atoms with E-state index in [1.54, 1.807) is 0 Å². The molecule has 0 aromatic heterocycles. The van der Waals surface area contributed by atoms with Crippen molar-refractivity contribution in [3.63, 3.8) is 0 Å². The van der Waals surface area contributed by atoms with E-state index in [9.17, 15) is 30.0 Å². The van der Waals surface area contributed by atoms with Crippen LogP contribution in [0.3, 0.4) is 0 Å². The summed E-state index contributed by atoms with van der Waals surface area (Å²) in [4.78, 5) is 25.3. The van der Waals surface area contributed by atoms with Gasteiger partial charge in [0.1, 0.15) is 31.0 Å². The molecule has 10 heteroatoms. The topological polar surface area (TPSA) is 152 Å². The van der Waals surface area contributed by atoms with Gasteiger partial charge in [-0.15, -0.1) is 0 Å². The van der Waals surface area contributed by atoms with Crippen LogP contribution < -0.4 is 0 Å². The molecule has 6 atom stereocenters. The SMILES string of the molecule is CC/C=C/C/C=C/C/C=C/C/C=C/C/C=C/CCCC(=O)O[C@H](COC(=O)CCCC/C=C/C/C=C/CCCCCCCC)CO[C@@H]1O[C@H](CO)[C@H](O)C(O)C1O. The standard InChI is InChI=1S/C47H76O10/c1-3-5-7-9-11-13-15-17-19-20-22-24-26-28-30-32-34-36-43(50)56-40(39-55-47-46(53)45(52)44(51)41(37-48)57-47)38-54-42(49)35-33-31-29-27-25-23-21-18-16-14-12-10-8-6-4-2/h5,7,11,13,17-19,21-22,24-25,27-28,30,40-41,44-48,51-53H,3-4,6,8-10,12,14-16,20,23,26,29,31-39H2,1-2H3/b7-5+,13-11+,19-17+,21-18+,24-22+,27-25+,30-28+/t40-,41-,44+,45?,46?,47-/m1/s1. The minimum atomic E-state index is -1.61. The number of unbranched alkanes of at least 4 members (excludes halogenated alkanes) is 9. The number of hydrogen-bond donors (Lipinski definition) is 4. The molecule has 0 bridgehead atoms. The van der Waals surface area contributed by atoms with Crippen molar-refractivity contribution in [3.8, 4) is 0 Å². The maximum atomic E-state index is 12.7. The smallest absolute Gasteiger partial charge is 0.306 e. The molecule has 0 radical (unpaired) electrons. The van der Waals surface area contributed by atoms with Gasteiger partial charge in [-0.1, -0.05) is 131 Å². The Balaban J connectivity index is 2.43. The Morgan fingerprint density at radius 3 is 1.61 bits per heavy atom. The summed E-state index contributed by atoms with van der Waals surface area (Å²) in [6.07, 6.45) is 40.3. The van der Waals surface area contributed by atoms with Crippen LogP contribution in [-0.4, -0.2) is 89.0 Å². The number of ether oxygens (including phenoxy) is 4. The second-order valence-electron chi connectivity index (χ2n) is 14.4. The minimum absolute atomic E-state index is 0.140. The van der Waals surface area contributed by atoms with Crippen molar-refractivity contribution in [2.45, 2.75) is 179 Å². The van der Waals surface area contributed by atoms with Crippen molar-refractivity contribution in [1.29, 1.82) is 0 Å². The minimum Gasteiger partial charge on any atom is -0.462 e. The van der Waals surface area contributed by atoms with E-state index < -0.39 is 55.4 Å². The zero-order valence-corrected chi connectivity index (χ0v) is 35.0. The van der Waals surface area contributed by atoms with Crippen molar-refractivity contribution in [2.24, 2.45) is 0 Å². The Labute approximate surface area is 344 Å². The Morgan fingerprint density at radius 1 is 0.561 bits per heavy atom. The fourth-order valence-electron chi connectivity index (χ4n) is 5.84. The molecule has 0 saturated carbocycles. The lowest BCUT2D eigenvalue weighted by Crippen LogP contribution is -2.59. The number of aliphatic hydroxyl groups excluding tert-OH is 4. The molecule has 4 N–H and O–H groups in total. The predicted molar refractivity (Wildman–Crippen MR) is 228 cm³/mol. The van der Waals surface area contributed by atoms with Gasteiger partial charge in [-0.25, -0.2) is 0 Å². The zero-order valence-electron chi connectivity index (χ0n) is 35.0. The van der Waals surface area contributed by atoms with E-state index in [1.807, 2.05) is 6.08 Å². The van der Waals surface area contributed by atoms with E-state index >= 15 is 0 Å². The first-order valence-corrected chi connectivity index (χ1v) is 21.7. The van der Waals surface area contributed by atoms with Crippen LogP contribution in [-0.2, 0) is 28.5 Å². The molecule has 0 aromatic carbocycles. The average Bonchev–Trinajstić information content (AvgIpc) is 3.21. The predicted octanol–water partition coefficient (Wildman–Crippen LogP) is 8.99. The Hall–Kier alpha value is -3.12. The molecule has 1 fully saturated rings. The number of carbonyl (C=O) groups is 2. The Bertz CT molecular complexity index is 1200. The van der Waals surface area contributed by atoms with Crippen LogP contribution in [0.15, 0.2) is 85.1 Å². The average molecular weight is 801 g/mol. The van der Waals surface area contributed by atoms with E-state index in [1.165, 1.54) is 38.5 Å². The lowest BCUT2D eigenvalue weighted by molar-refractivity contribution is -0.305. The van der Waals surface area contributed by atoms with Crippen molar-refractivity contribution in [2.75, 3.05) is 19.8 Å². The van der Waals surface area contributed by atoms with Gasteiger partial charge < -0.3 is 39.4 Å². The van der Waals surface area contributed by atoms with E-state index in [2.05, 4.69) is 92.8 Å². The van der Waals surface area contributed by atoms with Crippen molar-refractivity contribution in [3.05, 3.63) is 85.1 Å². The first-order valence-electron chi connectivity index (χ1n) is 21.7. The third-order valence-electron chi connectivity index (χ3n) is 9.26. The second-order valence-corrected chi connectivity index (χ2v) is 14.4. The Kier molecular flexibility index (Phi) is 33.8. The quantitative estimate of drug-likeness (QED) is 0.0282. The van der Waals surface area contributed by atoms with Crippen LogP contribution >= 0.6 is 0 Å². The Morgan fingerprint density at radius 2 is 1.05 bits per heavy atom. The molecule has 10 nitrogen and oxygen atoms in total. The van der Waals surface area contributed by atoms with Gasteiger partial charge in [0.05, 0.1) is 13.2 Å². The summed E-state index contributed by atoms with van der Waals surface area (Å²) in [6.45, 7) is 3.19. The number of carbonyl (C=O) groups excluding carboxylic acids is 2. The number of allylic oxidation sites excluding steroid dienone is 14. The number of esters is 2. The van der Waals surface area contributed by atoms with Gasteiger partial charge >= 0.3 is 11.9 Å². The molecule has 1 rings (SSSR count). The normalized spacial score (nSPS) is 21.1. The van der Waals surface area contributed by atoms with Crippen LogP contribution in [0, 0.1) is 0 Å². The fourth-order valence-corrected chi connectivity index (χ4v) is 5.84. The molecule has 0 spiro atoms. The second kappa shape index (κ2) is 37.2. The maximum absolute atomic E-state index is 12.7. The summed E-state index contributed by atoms with van der Waals surface area (Å²) in [6, 6.07) is 0. The van der Waals surface area contributed by atoms with Gasteiger partial charge in [-0.05, 0) is 83.5 Å². The van der Waals surface area contributed by atoms with Gasteiger partial charge in [-0.2, -0.15) is 0 Å². The van der Waals surface area contributed by atoms with Gasteiger partial charge in [-0.3, -0.25) is 9.59 Å². The van der Waals surface area contributed by atoms with E-state index in [0.717, 1.165) is 57.8 Å². The molecule has 324 valence electrons. The lowest BCUT2D eigenvalue weighted by atomic mass is 9.99. The largest absolute Gasteiger partial charge is 0.462 e. The summed E-state index contributed by atoms with van der Waals surface area (Å²) in [7, 11) is 0. The van der Waals surface area contributed by atoms with Gasteiger partial charge in [0.25, 0.3) is 0 Å². The molecular weight excluding hydrogens is 725 g/mol. The molecule has 1 aliphatic heterocycles. The van der Waals surface area contributed by atoms with Crippen molar-refractivity contribution in [1.82, 2.24) is 0 Å². The molecule has 1 aliphatic rings. The van der Waals surface area contributed by atoms with Crippen LogP contribution in [0.4, 0.5) is 0 Å².